The molecule has 0 fully saturated rings. The maximum atomic E-state index is 13.1. The number of hydrogen-bond acceptors (Lipinski definition) is 4. The molecule has 0 saturated heterocycles. The first-order valence-electron chi connectivity index (χ1n) is 5.15. The Balaban J connectivity index is 3.03. The summed E-state index contributed by atoms with van der Waals surface area (Å²) in [5, 5.41) is 9.36. The molecule has 4 nitrogen and oxygen atoms in total. The summed E-state index contributed by atoms with van der Waals surface area (Å²) >= 11 is 0. The molecule has 1 atom stereocenters. The molecule has 17 heavy (non-hydrogen) atoms. The molecule has 0 spiro atoms. The Bertz CT molecular complexity index is 440. The number of esters is 1. The van der Waals surface area contributed by atoms with Gasteiger partial charge in [-0.1, -0.05) is 0 Å². The number of rotatable bonds is 4. The van der Waals surface area contributed by atoms with Crippen molar-refractivity contribution in [3.05, 3.63) is 29.3 Å². The quantitative estimate of drug-likeness (QED) is 0.497. The van der Waals surface area contributed by atoms with Crippen LogP contribution in [-0.4, -0.2) is 23.5 Å². The lowest BCUT2D eigenvalue weighted by Gasteiger charge is -2.07. The fourth-order valence-electron chi connectivity index (χ4n) is 1.33. The van der Waals surface area contributed by atoms with Crippen LogP contribution in [-0.2, 0) is 9.53 Å². The van der Waals surface area contributed by atoms with Gasteiger partial charge in [0.05, 0.1) is 6.61 Å². The lowest BCUT2D eigenvalue weighted by Crippen LogP contribution is -2.17. The normalized spacial score (nSPS) is 11.9. The van der Waals surface area contributed by atoms with Crippen LogP contribution >= 0.6 is 0 Å². The van der Waals surface area contributed by atoms with E-state index in [4.69, 9.17) is 0 Å². The van der Waals surface area contributed by atoms with Gasteiger partial charge in [0.1, 0.15) is 11.9 Å². The Morgan fingerprint density at radius 3 is 2.65 bits per heavy atom. The van der Waals surface area contributed by atoms with Crippen LogP contribution in [0.25, 0.3) is 0 Å². The summed E-state index contributed by atoms with van der Waals surface area (Å²) in [5.74, 6) is -2.09. The van der Waals surface area contributed by atoms with Crippen molar-refractivity contribution < 1.29 is 23.8 Å². The third-order valence-electron chi connectivity index (χ3n) is 2.18. The highest BCUT2D eigenvalue weighted by molar-refractivity contribution is 6.40. The van der Waals surface area contributed by atoms with Gasteiger partial charge in [-0.15, -0.1) is 0 Å². The van der Waals surface area contributed by atoms with Gasteiger partial charge in [-0.2, -0.15) is 0 Å². The van der Waals surface area contributed by atoms with Gasteiger partial charge in [-0.25, -0.2) is 9.18 Å². The maximum Gasteiger partial charge on any atom is 0.379 e. The van der Waals surface area contributed by atoms with Crippen LogP contribution in [0, 0.1) is 0 Å². The van der Waals surface area contributed by atoms with Crippen LogP contribution in [0.5, 0.6) is 5.75 Å². The van der Waals surface area contributed by atoms with Gasteiger partial charge >= 0.3 is 5.97 Å². The van der Waals surface area contributed by atoms with Crippen molar-refractivity contribution in [3.8, 4) is 5.75 Å². The number of alkyl halides is 1. The smallest absolute Gasteiger partial charge is 0.379 e. The molecule has 0 aromatic heterocycles. The van der Waals surface area contributed by atoms with Crippen LogP contribution in [0.3, 0.4) is 0 Å². The molecule has 0 aliphatic heterocycles. The number of carbonyl (C=O) groups is 2. The third kappa shape index (κ3) is 3.03. The average molecular weight is 240 g/mol. The van der Waals surface area contributed by atoms with Gasteiger partial charge in [-0.3, -0.25) is 4.79 Å². The first-order valence-corrected chi connectivity index (χ1v) is 5.15. The fourth-order valence-corrected chi connectivity index (χ4v) is 1.33. The zero-order valence-corrected chi connectivity index (χ0v) is 9.57. The largest absolute Gasteiger partial charge is 0.508 e. The molecule has 0 bridgehead atoms. The van der Waals surface area contributed by atoms with Crippen molar-refractivity contribution >= 4 is 11.8 Å². The predicted molar refractivity (Wildman–Crippen MR) is 58.6 cm³/mol. The monoisotopic (exact) mass is 240 g/mol. The van der Waals surface area contributed by atoms with Crippen molar-refractivity contribution in [2.75, 3.05) is 6.61 Å². The first-order chi connectivity index (χ1) is 7.97. The van der Waals surface area contributed by atoms with Crippen molar-refractivity contribution in [1.29, 1.82) is 0 Å². The zero-order chi connectivity index (χ0) is 13.0. The van der Waals surface area contributed by atoms with E-state index in [1.807, 2.05) is 0 Å². The average Bonchev–Trinajstić information content (AvgIpc) is 2.28. The lowest BCUT2D eigenvalue weighted by molar-refractivity contribution is -0.137. The molecule has 1 aromatic carbocycles. The second kappa shape index (κ2) is 5.43. The van der Waals surface area contributed by atoms with Gasteiger partial charge in [0, 0.05) is 11.1 Å². The summed E-state index contributed by atoms with van der Waals surface area (Å²) < 4.78 is 17.6. The number of phenolic OH excluding ortho intramolecular Hbond substituents is 1. The molecule has 0 aliphatic rings. The van der Waals surface area contributed by atoms with Crippen molar-refractivity contribution in [1.82, 2.24) is 0 Å². The van der Waals surface area contributed by atoms with Crippen molar-refractivity contribution in [2.24, 2.45) is 0 Å². The van der Waals surface area contributed by atoms with Crippen LogP contribution in [0.4, 0.5) is 4.39 Å². The van der Waals surface area contributed by atoms with Gasteiger partial charge in [0.2, 0.25) is 0 Å². The number of Topliss-reactive ketones (excluding diaryl/α,β-unsaturated/α-hetero) is 1. The number of ketones is 1. The van der Waals surface area contributed by atoms with Crippen LogP contribution in [0.15, 0.2) is 18.2 Å². The topological polar surface area (TPSA) is 63.6 Å². The number of aromatic hydroxyl groups is 1. The van der Waals surface area contributed by atoms with Crippen LogP contribution in [0.2, 0.25) is 0 Å². The van der Waals surface area contributed by atoms with E-state index >= 15 is 0 Å². The molecule has 1 unspecified atom stereocenters. The van der Waals surface area contributed by atoms with Crippen LogP contribution in [0.1, 0.15) is 35.9 Å². The van der Waals surface area contributed by atoms with E-state index in [-0.39, 0.29) is 23.5 Å². The summed E-state index contributed by atoms with van der Waals surface area (Å²) in [6.45, 7) is 2.90. The minimum absolute atomic E-state index is 0.000694. The first kappa shape index (κ1) is 13.2. The molecule has 0 saturated carbocycles. The Morgan fingerprint density at radius 2 is 2.12 bits per heavy atom. The number of carbonyl (C=O) groups excluding carboxylic acids is 2. The van der Waals surface area contributed by atoms with E-state index in [0.29, 0.717) is 0 Å². The predicted octanol–water partition coefficient (Wildman–Crippen LogP) is 2.17. The molecular weight excluding hydrogens is 227 g/mol. The molecule has 1 rings (SSSR count). The van der Waals surface area contributed by atoms with E-state index in [1.165, 1.54) is 19.1 Å². The van der Waals surface area contributed by atoms with Crippen LogP contribution < -0.4 is 0 Å². The molecule has 5 heteroatoms. The second-order valence-electron chi connectivity index (χ2n) is 3.44. The van der Waals surface area contributed by atoms with E-state index in [1.54, 1.807) is 6.92 Å². The van der Waals surface area contributed by atoms with Gasteiger partial charge < -0.3 is 9.84 Å². The number of hydrogen-bond donors (Lipinski definition) is 1. The van der Waals surface area contributed by atoms with Crippen molar-refractivity contribution in [2.45, 2.75) is 20.0 Å². The third-order valence-corrected chi connectivity index (χ3v) is 2.18. The van der Waals surface area contributed by atoms with Gasteiger partial charge in [0.15, 0.2) is 0 Å². The summed E-state index contributed by atoms with van der Waals surface area (Å²) in [6, 6.07) is 3.58. The highest BCUT2D eigenvalue weighted by atomic mass is 19.1. The number of halogens is 1. The fraction of sp³-hybridized carbons (Fsp3) is 0.333. The molecule has 0 aliphatic carbocycles. The van der Waals surface area contributed by atoms with E-state index in [0.717, 1.165) is 6.07 Å². The highest BCUT2D eigenvalue weighted by Crippen LogP contribution is 2.27. The van der Waals surface area contributed by atoms with Gasteiger partial charge in [0.25, 0.3) is 5.78 Å². The second-order valence-corrected chi connectivity index (χ2v) is 3.44. The maximum absolute atomic E-state index is 13.1. The summed E-state index contributed by atoms with van der Waals surface area (Å²) in [7, 11) is 0. The molecule has 1 N–H and O–H groups in total. The number of phenols is 1. The molecule has 0 radical (unpaired) electrons. The molecule has 0 amide bonds. The molecule has 0 heterocycles. The molecular formula is C12H13FO4. The summed E-state index contributed by atoms with van der Waals surface area (Å²) in [4.78, 5) is 22.7. The standard InChI is InChI=1S/C12H13FO4/c1-3-17-12(16)11(15)8-4-5-10(14)9(6-8)7(2)13/h4-7,14H,3H2,1-2H3. The van der Waals surface area contributed by atoms with E-state index in [9.17, 15) is 19.1 Å². The minimum atomic E-state index is -1.43. The Labute approximate surface area is 98.0 Å². The van der Waals surface area contributed by atoms with E-state index < -0.39 is 17.9 Å². The molecule has 1 aromatic rings. The summed E-state index contributed by atoms with van der Waals surface area (Å²) in [5.41, 5.74) is -0.0269. The number of ether oxygens (including phenoxy) is 1. The lowest BCUT2D eigenvalue weighted by atomic mass is 10.0. The highest BCUT2D eigenvalue weighted by Gasteiger charge is 2.20. The van der Waals surface area contributed by atoms with E-state index in [2.05, 4.69) is 4.74 Å². The Kier molecular flexibility index (Phi) is 4.20. The number of benzene rings is 1. The van der Waals surface area contributed by atoms with Gasteiger partial charge in [-0.05, 0) is 32.0 Å². The Hall–Kier alpha value is -1.91. The van der Waals surface area contributed by atoms with Crippen molar-refractivity contribution in [3.63, 3.8) is 0 Å². The minimum Gasteiger partial charge on any atom is -0.508 e. The summed E-state index contributed by atoms with van der Waals surface area (Å²) in [6.07, 6.45) is -1.43. The SMILES string of the molecule is CCOC(=O)C(=O)c1ccc(O)c(C(C)F)c1. The Morgan fingerprint density at radius 1 is 1.47 bits per heavy atom. The zero-order valence-electron chi connectivity index (χ0n) is 9.57. The molecule has 92 valence electrons.